The summed E-state index contributed by atoms with van der Waals surface area (Å²) in [5.74, 6) is -3.27. The molecule has 6 heteroatoms. The molecule has 0 fully saturated rings. The van der Waals surface area contributed by atoms with Crippen molar-refractivity contribution in [3.8, 4) is 11.5 Å². The Hall–Kier alpha value is -2.60. The summed E-state index contributed by atoms with van der Waals surface area (Å²) >= 11 is 0. The fourth-order valence-electron chi connectivity index (χ4n) is 2.54. The second-order valence-electron chi connectivity index (χ2n) is 5.79. The smallest absolute Gasteiger partial charge is 0.184 e. The summed E-state index contributed by atoms with van der Waals surface area (Å²) in [5, 5.41) is 10.7. The maximum Gasteiger partial charge on any atom is 0.184 e. The fourth-order valence-corrected chi connectivity index (χ4v) is 2.54. The van der Waals surface area contributed by atoms with Crippen LogP contribution in [0.4, 0.5) is 13.2 Å². The zero-order valence-electron chi connectivity index (χ0n) is 16.4. The molecular formula is C19H16F3NO2. The van der Waals surface area contributed by atoms with Crippen LogP contribution in [0.1, 0.15) is 29.1 Å². The van der Waals surface area contributed by atoms with Crippen LogP contribution in [0.5, 0.6) is 11.5 Å². The molecule has 0 radical (unpaired) electrons. The molecule has 1 N–H and O–H groups in total. The lowest BCUT2D eigenvalue weighted by Crippen LogP contribution is -2.18. The van der Waals surface area contributed by atoms with Gasteiger partial charge in [-0.1, -0.05) is 6.07 Å². The molecule has 130 valence electrons. The van der Waals surface area contributed by atoms with E-state index in [0.717, 1.165) is 19.1 Å². The average Bonchev–Trinajstić information content (AvgIpc) is 2.58. The molecule has 1 aromatic heterocycles. The zero-order chi connectivity index (χ0) is 20.9. The van der Waals surface area contributed by atoms with E-state index < -0.39 is 35.5 Å². The number of rotatable bonds is 3. The first-order valence-electron chi connectivity index (χ1n) is 8.88. The monoisotopic (exact) mass is 350 g/mol. The zero-order valence-corrected chi connectivity index (χ0v) is 13.4. The largest absolute Gasteiger partial charge is 0.455 e. The molecular weight excluding hydrogens is 331 g/mol. The second kappa shape index (κ2) is 6.04. The van der Waals surface area contributed by atoms with Crippen molar-refractivity contribution in [2.45, 2.75) is 26.3 Å². The van der Waals surface area contributed by atoms with Crippen molar-refractivity contribution in [1.82, 2.24) is 4.98 Å². The minimum atomic E-state index is -2.93. The lowest BCUT2D eigenvalue weighted by atomic mass is 9.96. The van der Waals surface area contributed by atoms with E-state index in [1.54, 1.807) is 0 Å². The van der Waals surface area contributed by atoms with Gasteiger partial charge in [0.25, 0.3) is 0 Å². The van der Waals surface area contributed by atoms with Gasteiger partial charge in [-0.05, 0) is 51.0 Å². The molecule has 3 rings (SSSR count). The first-order chi connectivity index (χ1) is 12.9. The summed E-state index contributed by atoms with van der Waals surface area (Å²) in [7, 11) is 0. The highest BCUT2D eigenvalue weighted by Crippen LogP contribution is 2.36. The summed E-state index contributed by atoms with van der Waals surface area (Å²) in [4.78, 5) is 3.99. The molecule has 0 saturated carbocycles. The van der Waals surface area contributed by atoms with Crippen molar-refractivity contribution in [2.24, 2.45) is 0 Å². The Morgan fingerprint density at radius 2 is 1.88 bits per heavy atom. The number of hydrogen-bond donors (Lipinski definition) is 1. The molecule has 0 spiro atoms. The number of aromatic nitrogens is 1. The Balaban J connectivity index is 2.14. The van der Waals surface area contributed by atoms with Crippen LogP contribution in [0.15, 0.2) is 36.4 Å². The topological polar surface area (TPSA) is 42.4 Å². The second-order valence-corrected chi connectivity index (χ2v) is 5.79. The molecule has 0 aliphatic heterocycles. The van der Waals surface area contributed by atoms with E-state index >= 15 is 0 Å². The summed E-state index contributed by atoms with van der Waals surface area (Å²) in [6.07, 6.45) is 0. The number of aliphatic hydroxyl groups is 1. The lowest BCUT2D eigenvalue weighted by molar-refractivity contribution is 0.0720. The minimum Gasteiger partial charge on any atom is -0.455 e. The molecule has 0 amide bonds. The Labute approximate surface area is 146 Å². The van der Waals surface area contributed by atoms with Gasteiger partial charge in [0, 0.05) is 9.50 Å². The van der Waals surface area contributed by atoms with Crippen molar-refractivity contribution in [3.63, 3.8) is 0 Å². The van der Waals surface area contributed by atoms with Crippen molar-refractivity contribution in [2.75, 3.05) is 0 Å². The van der Waals surface area contributed by atoms with E-state index in [2.05, 4.69) is 4.98 Å². The Bertz CT molecular complexity index is 1070. The molecule has 2 aromatic carbocycles. The Kier molecular flexibility index (Phi) is 3.30. The summed E-state index contributed by atoms with van der Waals surface area (Å²) < 4.78 is 69.9. The van der Waals surface area contributed by atoms with Gasteiger partial charge in [0.15, 0.2) is 11.6 Å². The number of hydrogen-bond acceptors (Lipinski definition) is 3. The van der Waals surface area contributed by atoms with Gasteiger partial charge in [-0.15, -0.1) is 0 Å². The van der Waals surface area contributed by atoms with E-state index in [0.29, 0.717) is 0 Å². The third kappa shape index (κ3) is 3.17. The molecule has 25 heavy (non-hydrogen) atoms. The predicted molar refractivity (Wildman–Crippen MR) is 88.1 cm³/mol. The maximum atomic E-state index is 14.4. The van der Waals surface area contributed by atoms with Crippen molar-refractivity contribution in [1.29, 1.82) is 0 Å². The average molecular weight is 350 g/mol. The van der Waals surface area contributed by atoms with Gasteiger partial charge in [0.1, 0.15) is 22.8 Å². The minimum absolute atomic E-state index is 0.0756. The quantitative estimate of drug-likeness (QED) is 0.724. The van der Waals surface area contributed by atoms with E-state index in [9.17, 15) is 18.3 Å². The van der Waals surface area contributed by atoms with Crippen LogP contribution in [0.3, 0.4) is 0 Å². The number of nitrogens with zero attached hydrogens (tertiary/aromatic N) is 1. The van der Waals surface area contributed by atoms with Crippen molar-refractivity contribution < 1.29 is 27.1 Å². The van der Waals surface area contributed by atoms with E-state index in [4.69, 9.17) is 8.85 Å². The van der Waals surface area contributed by atoms with Crippen LogP contribution in [-0.2, 0) is 5.60 Å². The standard InChI is InChI=1S/C19H16F3NO2/c1-10-15(9-11-7-8-13(21)17(22)18(11)23-10)25-14-6-4-5-12(20)16(14)19(2,3)24/h4-9,24H,1-3H3/i2D3. The first-order valence-corrected chi connectivity index (χ1v) is 7.38. The molecule has 0 aliphatic carbocycles. The predicted octanol–water partition coefficient (Wildman–Crippen LogP) is 4.98. The van der Waals surface area contributed by atoms with Gasteiger partial charge in [-0.2, -0.15) is 0 Å². The van der Waals surface area contributed by atoms with Crippen LogP contribution < -0.4 is 4.74 Å². The fraction of sp³-hybridized carbons (Fsp3) is 0.211. The first kappa shape index (κ1) is 13.7. The number of benzene rings is 2. The summed E-state index contributed by atoms with van der Waals surface area (Å²) in [5.41, 5.74) is -3.10. The van der Waals surface area contributed by atoms with Crippen molar-refractivity contribution >= 4 is 10.9 Å². The Morgan fingerprint density at radius 3 is 2.60 bits per heavy atom. The third-order valence-corrected chi connectivity index (χ3v) is 3.71. The van der Waals surface area contributed by atoms with Crippen LogP contribution in [0.2, 0.25) is 0 Å². The third-order valence-electron chi connectivity index (χ3n) is 3.71. The van der Waals surface area contributed by atoms with Crippen LogP contribution in [-0.4, -0.2) is 10.1 Å². The molecule has 1 atom stereocenters. The molecule has 1 unspecified atom stereocenters. The molecule has 0 saturated heterocycles. The summed E-state index contributed by atoms with van der Waals surface area (Å²) in [6.45, 7) is -0.487. The maximum absolute atomic E-state index is 14.4. The SMILES string of the molecule is [2H]C([2H])([2H])C(C)(O)c1c(F)cccc1Oc1cc2ccc(F)c(F)c2nc1C. The normalized spacial score (nSPS) is 16.0. The van der Waals surface area contributed by atoms with Gasteiger partial charge in [-0.25, -0.2) is 18.2 Å². The van der Waals surface area contributed by atoms with Gasteiger partial charge < -0.3 is 9.84 Å². The number of pyridine rings is 1. The van der Waals surface area contributed by atoms with Gasteiger partial charge in [0.05, 0.1) is 16.9 Å². The molecule has 0 aliphatic rings. The highest BCUT2D eigenvalue weighted by molar-refractivity contribution is 5.81. The van der Waals surface area contributed by atoms with E-state index in [-0.39, 0.29) is 28.1 Å². The molecule has 0 bridgehead atoms. The van der Waals surface area contributed by atoms with E-state index in [1.165, 1.54) is 31.2 Å². The Morgan fingerprint density at radius 1 is 1.12 bits per heavy atom. The highest BCUT2D eigenvalue weighted by Gasteiger charge is 2.26. The van der Waals surface area contributed by atoms with E-state index in [1.807, 2.05) is 0 Å². The van der Waals surface area contributed by atoms with Crippen LogP contribution in [0.25, 0.3) is 10.9 Å². The summed E-state index contributed by atoms with van der Waals surface area (Å²) in [6, 6.07) is 7.21. The molecule has 1 heterocycles. The molecule has 3 aromatic rings. The van der Waals surface area contributed by atoms with Crippen molar-refractivity contribution in [3.05, 3.63) is 65.1 Å². The number of ether oxygens (including phenoxy) is 1. The number of fused-ring (bicyclic) bond motifs is 1. The van der Waals surface area contributed by atoms with Gasteiger partial charge in [0.2, 0.25) is 0 Å². The number of halogens is 3. The van der Waals surface area contributed by atoms with Crippen LogP contribution in [0, 0.1) is 24.4 Å². The number of aryl methyl sites for hydroxylation is 1. The highest BCUT2D eigenvalue weighted by atomic mass is 19.2. The van der Waals surface area contributed by atoms with Crippen LogP contribution >= 0.6 is 0 Å². The molecule has 3 nitrogen and oxygen atoms in total. The van der Waals surface area contributed by atoms with Gasteiger partial charge >= 0.3 is 0 Å². The lowest BCUT2D eigenvalue weighted by Gasteiger charge is -2.22. The van der Waals surface area contributed by atoms with Gasteiger partial charge in [-0.3, -0.25) is 0 Å².